The van der Waals surface area contributed by atoms with Crippen LogP contribution < -0.4 is 11.3 Å². The van der Waals surface area contributed by atoms with E-state index in [0.717, 1.165) is 39.1 Å². The van der Waals surface area contributed by atoms with Crippen LogP contribution in [0.15, 0.2) is 0 Å². The molecular formula is C10H21N3O2. The molecule has 0 aromatic rings. The third-order valence-corrected chi connectivity index (χ3v) is 2.77. The summed E-state index contributed by atoms with van der Waals surface area (Å²) in [4.78, 5) is 13.3. The molecule has 1 aliphatic rings. The molecule has 1 atom stereocenters. The van der Waals surface area contributed by atoms with Crippen LogP contribution in [0.4, 0.5) is 0 Å². The van der Waals surface area contributed by atoms with E-state index in [1.54, 1.807) is 0 Å². The van der Waals surface area contributed by atoms with Crippen LogP contribution in [0.1, 0.15) is 26.2 Å². The number of nitrogens with one attached hydrogen (secondary N) is 1. The van der Waals surface area contributed by atoms with Gasteiger partial charge in [0.05, 0.1) is 13.2 Å². The first-order valence-corrected chi connectivity index (χ1v) is 5.55. The number of nitrogens with two attached hydrogens (primary N) is 1. The Balaban J connectivity index is 2.06. The SMILES string of the molecule is CC1COCCN1CCCCC(=O)NN. The Bertz CT molecular complexity index is 199. The molecule has 1 heterocycles. The van der Waals surface area contributed by atoms with Crippen molar-refractivity contribution in [2.75, 3.05) is 26.3 Å². The van der Waals surface area contributed by atoms with Gasteiger partial charge in [-0.25, -0.2) is 5.84 Å². The molecule has 3 N–H and O–H groups in total. The van der Waals surface area contributed by atoms with Gasteiger partial charge in [-0.2, -0.15) is 0 Å². The summed E-state index contributed by atoms with van der Waals surface area (Å²) in [6, 6.07) is 0.502. The first-order valence-electron chi connectivity index (χ1n) is 5.55. The van der Waals surface area contributed by atoms with Gasteiger partial charge in [0.2, 0.25) is 5.91 Å². The molecule has 88 valence electrons. The number of hydrogen-bond donors (Lipinski definition) is 2. The summed E-state index contributed by atoms with van der Waals surface area (Å²) in [6.07, 6.45) is 2.46. The molecule has 1 amide bonds. The largest absolute Gasteiger partial charge is 0.379 e. The number of ether oxygens (including phenoxy) is 1. The Morgan fingerprint density at radius 1 is 1.60 bits per heavy atom. The first kappa shape index (κ1) is 12.4. The van der Waals surface area contributed by atoms with Crippen LogP contribution in [0.3, 0.4) is 0 Å². The van der Waals surface area contributed by atoms with E-state index in [-0.39, 0.29) is 5.91 Å². The standard InChI is InChI=1S/C10H21N3O2/c1-9-8-15-7-6-13(9)5-3-2-4-10(14)12-11/h9H,2-8,11H2,1H3,(H,12,14). The monoisotopic (exact) mass is 215 g/mol. The van der Waals surface area contributed by atoms with E-state index >= 15 is 0 Å². The number of rotatable bonds is 5. The average Bonchev–Trinajstić information content (AvgIpc) is 2.26. The molecule has 1 aliphatic heterocycles. The average molecular weight is 215 g/mol. The molecular weight excluding hydrogens is 194 g/mol. The highest BCUT2D eigenvalue weighted by Gasteiger charge is 2.17. The van der Waals surface area contributed by atoms with E-state index in [1.807, 2.05) is 0 Å². The van der Waals surface area contributed by atoms with Gasteiger partial charge in [-0.05, 0) is 26.3 Å². The Morgan fingerprint density at radius 3 is 3.07 bits per heavy atom. The lowest BCUT2D eigenvalue weighted by Gasteiger charge is -2.33. The fraction of sp³-hybridized carbons (Fsp3) is 0.900. The lowest BCUT2D eigenvalue weighted by atomic mass is 10.2. The minimum atomic E-state index is -0.0787. The smallest absolute Gasteiger partial charge is 0.233 e. The van der Waals surface area contributed by atoms with Crippen LogP contribution in [-0.4, -0.2) is 43.2 Å². The molecule has 15 heavy (non-hydrogen) atoms. The zero-order valence-corrected chi connectivity index (χ0v) is 9.37. The maximum Gasteiger partial charge on any atom is 0.233 e. The predicted molar refractivity (Wildman–Crippen MR) is 58.0 cm³/mol. The second-order valence-electron chi connectivity index (χ2n) is 3.98. The summed E-state index contributed by atoms with van der Waals surface area (Å²) in [6.45, 7) is 5.87. The molecule has 0 bridgehead atoms. The molecule has 5 heteroatoms. The Labute approximate surface area is 90.9 Å². The van der Waals surface area contributed by atoms with E-state index in [0.29, 0.717) is 12.5 Å². The molecule has 0 spiro atoms. The summed E-state index contributed by atoms with van der Waals surface area (Å²) >= 11 is 0. The quantitative estimate of drug-likeness (QED) is 0.290. The van der Waals surface area contributed by atoms with Gasteiger partial charge in [0.15, 0.2) is 0 Å². The molecule has 1 saturated heterocycles. The number of amides is 1. The van der Waals surface area contributed by atoms with E-state index in [4.69, 9.17) is 10.6 Å². The van der Waals surface area contributed by atoms with Crippen LogP contribution in [-0.2, 0) is 9.53 Å². The highest BCUT2D eigenvalue weighted by Crippen LogP contribution is 2.08. The van der Waals surface area contributed by atoms with Gasteiger partial charge in [0.25, 0.3) is 0 Å². The van der Waals surface area contributed by atoms with Crippen LogP contribution >= 0.6 is 0 Å². The van der Waals surface area contributed by atoms with Gasteiger partial charge in [0, 0.05) is 19.0 Å². The minimum absolute atomic E-state index is 0.0787. The number of morpholine rings is 1. The molecule has 0 saturated carbocycles. The highest BCUT2D eigenvalue weighted by atomic mass is 16.5. The van der Waals surface area contributed by atoms with E-state index in [1.165, 1.54) is 0 Å². The fourth-order valence-electron chi connectivity index (χ4n) is 1.77. The lowest BCUT2D eigenvalue weighted by molar-refractivity contribution is -0.121. The van der Waals surface area contributed by atoms with Crippen molar-refractivity contribution in [2.24, 2.45) is 5.84 Å². The molecule has 0 aliphatic carbocycles. The Hall–Kier alpha value is -0.650. The summed E-state index contributed by atoms with van der Waals surface area (Å²) in [7, 11) is 0. The molecule has 1 rings (SSSR count). The van der Waals surface area contributed by atoms with Crippen molar-refractivity contribution in [3.05, 3.63) is 0 Å². The highest BCUT2D eigenvalue weighted by molar-refractivity contribution is 5.75. The number of unbranched alkanes of at least 4 members (excludes halogenated alkanes) is 1. The van der Waals surface area contributed by atoms with Gasteiger partial charge in [0.1, 0.15) is 0 Å². The third kappa shape index (κ3) is 4.59. The number of carbonyl (C=O) groups is 1. The van der Waals surface area contributed by atoms with Crippen molar-refractivity contribution in [1.82, 2.24) is 10.3 Å². The molecule has 1 fully saturated rings. The van der Waals surface area contributed by atoms with Gasteiger partial charge in [-0.3, -0.25) is 15.1 Å². The maximum absolute atomic E-state index is 10.9. The van der Waals surface area contributed by atoms with Gasteiger partial charge < -0.3 is 4.74 Å². The van der Waals surface area contributed by atoms with Crippen molar-refractivity contribution in [2.45, 2.75) is 32.2 Å². The second kappa shape index (κ2) is 6.76. The molecule has 5 nitrogen and oxygen atoms in total. The second-order valence-corrected chi connectivity index (χ2v) is 3.98. The van der Waals surface area contributed by atoms with Crippen molar-refractivity contribution in [1.29, 1.82) is 0 Å². The number of hydrazine groups is 1. The van der Waals surface area contributed by atoms with E-state index < -0.39 is 0 Å². The first-order chi connectivity index (χ1) is 7.24. The van der Waals surface area contributed by atoms with Crippen molar-refractivity contribution < 1.29 is 9.53 Å². The zero-order chi connectivity index (χ0) is 11.1. The van der Waals surface area contributed by atoms with Crippen LogP contribution in [0.2, 0.25) is 0 Å². The van der Waals surface area contributed by atoms with Crippen molar-refractivity contribution >= 4 is 5.91 Å². The van der Waals surface area contributed by atoms with E-state index in [9.17, 15) is 4.79 Å². The zero-order valence-electron chi connectivity index (χ0n) is 9.37. The van der Waals surface area contributed by atoms with Crippen LogP contribution in [0.25, 0.3) is 0 Å². The number of nitrogens with zero attached hydrogens (tertiary/aromatic N) is 1. The summed E-state index contributed by atoms with van der Waals surface area (Å²) < 4.78 is 5.35. The minimum Gasteiger partial charge on any atom is -0.379 e. The molecule has 1 unspecified atom stereocenters. The van der Waals surface area contributed by atoms with Gasteiger partial charge in [-0.1, -0.05) is 0 Å². The Morgan fingerprint density at radius 2 is 2.40 bits per heavy atom. The summed E-state index contributed by atoms with van der Waals surface area (Å²) in [5, 5.41) is 0. The third-order valence-electron chi connectivity index (χ3n) is 2.77. The Kier molecular flexibility index (Phi) is 5.60. The lowest BCUT2D eigenvalue weighted by Crippen LogP contribution is -2.44. The fourth-order valence-corrected chi connectivity index (χ4v) is 1.77. The van der Waals surface area contributed by atoms with Gasteiger partial charge in [-0.15, -0.1) is 0 Å². The number of carbonyl (C=O) groups excluding carboxylic acids is 1. The summed E-state index contributed by atoms with van der Waals surface area (Å²) in [5.41, 5.74) is 2.14. The molecule has 0 aromatic heterocycles. The van der Waals surface area contributed by atoms with Crippen LogP contribution in [0, 0.1) is 0 Å². The molecule has 0 radical (unpaired) electrons. The summed E-state index contributed by atoms with van der Waals surface area (Å²) in [5.74, 6) is 4.91. The van der Waals surface area contributed by atoms with Crippen molar-refractivity contribution in [3.63, 3.8) is 0 Å². The van der Waals surface area contributed by atoms with Crippen molar-refractivity contribution in [3.8, 4) is 0 Å². The van der Waals surface area contributed by atoms with E-state index in [2.05, 4.69) is 17.2 Å². The van der Waals surface area contributed by atoms with Gasteiger partial charge >= 0.3 is 0 Å². The maximum atomic E-state index is 10.9. The topological polar surface area (TPSA) is 67.6 Å². The predicted octanol–water partition coefficient (Wildman–Crippen LogP) is -0.133. The normalized spacial score (nSPS) is 22.7. The number of hydrogen-bond acceptors (Lipinski definition) is 4. The molecule has 0 aromatic carbocycles. The van der Waals surface area contributed by atoms with Crippen LogP contribution in [0.5, 0.6) is 0 Å².